The molecule has 4 fully saturated rings. The Morgan fingerprint density at radius 3 is 2.46 bits per heavy atom. The van der Waals surface area contributed by atoms with E-state index in [0.29, 0.717) is 48.1 Å². The zero-order chi connectivity index (χ0) is 17.3. The van der Waals surface area contributed by atoms with Crippen LogP contribution in [-0.4, -0.2) is 17.3 Å². The molecule has 0 unspecified atom stereocenters. The fourth-order valence-electron chi connectivity index (χ4n) is 7.40. The van der Waals surface area contributed by atoms with E-state index in [4.69, 9.17) is 0 Å². The maximum atomic E-state index is 13.2. The van der Waals surface area contributed by atoms with Gasteiger partial charge in [0.25, 0.3) is 0 Å². The van der Waals surface area contributed by atoms with Crippen LogP contribution in [0.25, 0.3) is 0 Å². The first-order chi connectivity index (χ1) is 11.3. The number of carbonyl (C=O) groups is 3. The lowest BCUT2D eigenvalue weighted by molar-refractivity contribution is -0.160. The van der Waals surface area contributed by atoms with Gasteiger partial charge in [0.1, 0.15) is 17.3 Å². The molecule has 0 saturated heterocycles. The van der Waals surface area contributed by atoms with Gasteiger partial charge in [0.2, 0.25) is 0 Å². The number of hydrogen-bond donors (Lipinski definition) is 0. The highest BCUT2D eigenvalue weighted by atomic mass is 16.1. The Bertz CT molecular complexity index is 608. The molecule has 0 radical (unpaired) electrons. The summed E-state index contributed by atoms with van der Waals surface area (Å²) in [4.78, 5) is 37.3. The number of hydrogen-bond acceptors (Lipinski definition) is 3. The first kappa shape index (κ1) is 16.5. The van der Waals surface area contributed by atoms with Gasteiger partial charge in [0.15, 0.2) is 0 Å². The lowest BCUT2D eigenvalue weighted by Crippen LogP contribution is -2.57. The first-order valence-corrected chi connectivity index (χ1v) is 9.84. The topological polar surface area (TPSA) is 51.2 Å². The molecule has 4 rings (SSSR count). The molecular formula is C21H30O3. The second kappa shape index (κ2) is 5.25. The van der Waals surface area contributed by atoms with Gasteiger partial charge in [0, 0.05) is 30.6 Å². The number of Topliss-reactive ketones (excluding diaryl/α,β-unsaturated/α-hetero) is 3. The average Bonchev–Trinajstić information content (AvgIpc) is 2.88. The van der Waals surface area contributed by atoms with Gasteiger partial charge >= 0.3 is 0 Å². The summed E-state index contributed by atoms with van der Waals surface area (Å²) in [7, 11) is 0. The minimum absolute atomic E-state index is 0.0607. The van der Waals surface area contributed by atoms with E-state index in [0.717, 1.165) is 38.5 Å². The largest absolute Gasteiger partial charge is 0.300 e. The summed E-state index contributed by atoms with van der Waals surface area (Å²) in [6.07, 6.45) is 7.24. The van der Waals surface area contributed by atoms with Crippen molar-refractivity contribution in [3.8, 4) is 0 Å². The average molecular weight is 330 g/mol. The van der Waals surface area contributed by atoms with Gasteiger partial charge in [-0.3, -0.25) is 14.4 Å². The second-order valence-corrected chi connectivity index (χ2v) is 9.55. The van der Waals surface area contributed by atoms with E-state index >= 15 is 0 Å². The van der Waals surface area contributed by atoms with Gasteiger partial charge in [0.05, 0.1) is 0 Å². The lowest BCUT2D eigenvalue weighted by Gasteiger charge is -2.59. The molecule has 132 valence electrons. The Balaban J connectivity index is 1.69. The van der Waals surface area contributed by atoms with Gasteiger partial charge < -0.3 is 0 Å². The Morgan fingerprint density at radius 2 is 1.75 bits per heavy atom. The zero-order valence-corrected chi connectivity index (χ0v) is 15.3. The maximum absolute atomic E-state index is 13.2. The van der Waals surface area contributed by atoms with Crippen molar-refractivity contribution in [1.82, 2.24) is 0 Å². The van der Waals surface area contributed by atoms with Crippen molar-refractivity contribution in [2.75, 3.05) is 0 Å². The minimum Gasteiger partial charge on any atom is -0.300 e. The fourth-order valence-corrected chi connectivity index (χ4v) is 7.40. The van der Waals surface area contributed by atoms with Crippen LogP contribution in [0.2, 0.25) is 0 Å². The number of rotatable bonds is 1. The monoisotopic (exact) mass is 330 g/mol. The van der Waals surface area contributed by atoms with Crippen molar-refractivity contribution >= 4 is 17.3 Å². The summed E-state index contributed by atoms with van der Waals surface area (Å²) in [5.41, 5.74) is -0.261. The summed E-state index contributed by atoms with van der Waals surface area (Å²) >= 11 is 0. The predicted octanol–water partition coefficient (Wildman–Crippen LogP) is 3.98. The molecule has 7 atom stereocenters. The molecule has 0 heterocycles. The van der Waals surface area contributed by atoms with Crippen LogP contribution >= 0.6 is 0 Å². The smallest absolute Gasteiger partial charge is 0.140 e. The molecule has 0 bridgehead atoms. The van der Waals surface area contributed by atoms with Crippen molar-refractivity contribution in [2.24, 2.45) is 40.4 Å². The predicted molar refractivity (Wildman–Crippen MR) is 91.3 cm³/mol. The van der Waals surface area contributed by atoms with E-state index in [1.807, 2.05) is 0 Å². The van der Waals surface area contributed by atoms with Crippen molar-refractivity contribution in [3.05, 3.63) is 0 Å². The van der Waals surface area contributed by atoms with E-state index in [1.165, 1.54) is 0 Å². The van der Waals surface area contributed by atoms with Crippen LogP contribution in [-0.2, 0) is 14.4 Å². The van der Waals surface area contributed by atoms with Crippen molar-refractivity contribution in [3.63, 3.8) is 0 Å². The summed E-state index contributed by atoms with van der Waals surface area (Å²) in [5.74, 6) is 2.76. The molecule has 24 heavy (non-hydrogen) atoms. The molecule has 4 saturated carbocycles. The van der Waals surface area contributed by atoms with Crippen LogP contribution in [0, 0.1) is 40.4 Å². The third-order valence-electron chi connectivity index (χ3n) is 8.84. The van der Waals surface area contributed by atoms with Crippen LogP contribution in [0.3, 0.4) is 0 Å². The molecule has 3 heteroatoms. The van der Waals surface area contributed by atoms with Gasteiger partial charge in [-0.1, -0.05) is 13.8 Å². The molecule has 4 aliphatic rings. The van der Waals surface area contributed by atoms with Crippen LogP contribution in [0.5, 0.6) is 0 Å². The van der Waals surface area contributed by atoms with E-state index in [2.05, 4.69) is 13.8 Å². The molecule has 0 spiro atoms. The van der Waals surface area contributed by atoms with E-state index < -0.39 is 5.41 Å². The van der Waals surface area contributed by atoms with E-state index in [9.17, 15) is 14.4 Å². The maximum Gasteiger partial charge on any atom is 0.140 e. The van der Waals surface area contributed by atoms with Crippen LogP contribution in [0.4, 0.5) is 0 Å². The molecule has 4 aliphatic carbocycles. The Kier molecular flexibility index (Phi) is 3.61. The SMILES string of the molecule is CC(=O)[C@@H]1CC[C@@H]2[C@@H]3CC[C@H]4CC(=O)CC[C@]4(C)[C@H]3CC(=O)[C@@]21C. The summed E-state index contributed by atoms with van der Waals surface area (Å²) in [5, 5.41) is 0. The van der Waals surface area contributed by atoms with Crippen LogP contribution < -0.4 is 0 Å². The molecular weight excluding hydrogens is 300 g/mol. The number of carbonyl (C=O) groups excluding carboxylic acids is 3. The Labute approximate surface area is 144 Å². The van der Waals surface area contributed by atoms with Gasteiger partial charge in [-0.15, -0.1) is 0 Å². The molecule has 0 amide bonds. The molecule has 0 N–H and O–H groups in total. The lowest BCUT2D eigenvalue weighted by atomic mass is 9.44. The number of ketones is 3. The highest BCUT2D eigenvalue weighted by Crippen LogP contribution is 2.66. The van der Waals surface area contributed by atoms with Crippen molar-refractivity contribution < 1.29 is 14.4 Å². The van der Waals surface area contributed by atoms with Crippen molar-refractivity contribution in [1.29, 1.82) is 0 Å². The normalized spacial score (nSPS) is 50.9. The van der Waals surface area contributed by atoms with Crippen molar-refractivity contribution in [2.45, 2.75) is 72.1 Å². The molecule has 0 aromatic carbocycles. The highest BCUT2D eigenvalue weighted by molar-refractivity contribution is 5.93. The summed E-state index contributed by atoms with van der Waals surface area (Å²) < 4.78 is 0. The molecule has 0 aliphatic heterocycles. The minimum atomic E-state index is -0.416. The zero-order valence-electron chi connectivity index (χ0n) is 15.3. The Hall–Kier alpha value is -0.990. The standard InChI is InChI=1S/C21H30O3/c1-12(22)16-6-7-17-15-5-4-13-10-14(23)8-9-20(13,2)18(15)11-19(24)21(16,17)3/h13,15-18H,4-11H2,1-3H3/t13-,15-,16-,17+,18-,20-,21+/m0/s1. The molecule has 3 nitrogen and oxygen atoms in total. The van der Waals surface area contributed by atoms with Gasteiger partial charge in [-0.25, -0.2) is 0 Å². The second-order valence-electron chi connectivity index (χ2n) is 9.55. The van der Waals surface area contributed by atoms with Crippen LogP contribution in [0.15, 0.2) is 0 Å². The molecule has 0 aromatic heterocycles. The third kappa shape index (κ3) is 1.99. The third-order valence-corrected chi connectivity index (χ3v) is 8.84. The Morgan fingerprint density at radius 1 is 1.00 bits per heavy atom. The summed E-state index contributed by atoms with van der Waals surface area (Å²) in [6, 6.07) is 0. The van der Waals surface area contributed by atoms with Gasteiger partial charge in [-0.05, 0) is 68.1 Å². The van der Waals surface area contributed by atoms with E-state index in [-0.39, 0.29) is 17.1 Å². The summed E-state index contributed by atoms with van der Waals surface area (Å²) in [6.45, 7) is 6.12. The van der Waals surface area contributed by atoms with Crippen LogP contribution in [0.1, 0.15) is 72.1 Å². The quantitative estimate of drug-likeness (QED) is 0.730. The fraction of sp³-hybridized carbons (Fsp3) is 0.857. The highest BCUT2D eigenvalue weighted by Gasteiger charge is 2.64. The number of fused-ring (bicyclic) bond motifs is 5. The van der Waals surface area contributed by atoms with Gasteiger partial charge in [-0.2, -0.15) is 0 Å². The first-order valence-electron chi connectivity index (χ1n) is 9.84. The molecule has 0 aromatic rings. The van der Waals surface area contributed by atoms with E-state index in [1.54, 1.807) is 6.92 Å².